The molecule has 0 atom stereocenters. The molecule has 0 saturated carbocycles. The second-order valence-electron chi connectivity index (χ2n) is 16.3. The molecule has 0 fully saturated rings. The predicted octanol–water partition coefficient (Wildman–Crippen LogP) is 16.9. The number of hydrogen-bond donors (Lipinski definition) is 0. The summed E-state index contributed by atoms with van der Waals surface area (Å²) in [5.74, 6) is 0. The zero-order valence-corrected chi connectivity index (χ0v) is 34.3. The van der Waals surface area contributed by atoms with Gasteiger partial charge in [-0.05, 0) is 159 Å². The fourth-order valence-electron chi connectivity index (χ4n) is 10.0. The summed E-state index contributed by atoms with van der Waals surface area (Å²) in [4.78, 5) is 2.21. The van der Waals surface area contributed by atoms with Gasteiger partial charge in [-0.2, -0.15) is 5.26 Å². The summed E-state index contributed by atoms with van der Waals surface area (Å²) in [6.45, 7) is 0. The quantitative estimate of drug-likeness (QED) is 0.124. The van der Waals surface area contributed by atoms with E-state index in [1.54, 1.807) is 0 Å². The highest BCUT2D eigenvalue weighted by molar-refractivity contribution is 6.28. The van der Waals surface area contributed by atoms with Gasteiger partial charge in [-0.15, -0.1) is 0 Å². The molecule has 0 heterocycles. The Labute approximate surface area is 365 Å². The number of para-hydroxylation sites is 1. The smallest absolute Gasteiger partial charge is 0.0992 e. The van der Waals surface area contributed by atoms with Crippen LogP contribution in [0.25, 0.3) is 98.0 Å². The molecule has 2 nitrogen and oxygen atoms in total. The van der Waals surface area contributed by atoms with Crippen molar-refractivity contribution in [3.05, 3.63) is 236 Å². The highest BCUT2D eigenvalue weighted by atomic mass is 15.1. The zero-order chi connectivity index (χ0) is 41.9. The molecule has 0 aliphatic carbocycles. The maximum Gasteiger partial charge on any atom is 0.0992 e. The molecule has 0 spiro atoms. The van der Waals surface area contributed by atoms with Crippen molar-refractivity contribution in [1.82, 2.24) is 0 Å². The van der Waals surface area contributed by atoms with Crippen LogP contribution in [-0.2, 0) is 0 Å². The lowest BCUT2D eigenvalue weighted by atomic mass is 9.81. The third-order valence-electron chi connectivity index (χ3n) is 12.8. The largest absolute Gasteiger partial charge is 0.310 e. The first kappa shape index (κ1) is 36.4. The van der Waals surface area contributed by atoms with Gasteiger partial charge in [0.1, 0.15) is 0 Å². The van der Waals surface area contributed by atoms with E-state index in [0.29, 0.717) is 5.56 Å². The minimum absolute atomic E-state index is 0.625. The normalized spacial score (nSPS) is 11.5. The Morgan fingerprint density at radius 2 is 0.730 bits per heavy atom. The van der Waals surface area contributed by atoms with Crippen molar-refractivity contribution < 1.29 is 0 Å². The van der Waals surface area contributed by atoms with Crippen molar-refractivity contribution in [1.29, 1.82) is 5.26 Å². The van der Waals surface area contributed by atoms with Crippen molar-refractivity contribution in [2.75, 3.05) is 4.90 Å². The summed E-state index contributed by atoms with van der Waals surface area (Å²) in [6.07, 6.45) is 0. The number of fused-ring (bicyclic) bond motifs is 8. The molecular weight excluding hydrogens is 761 g/mol. The maximum absolute atomic E-state index is 9.77. The molecule has 12 aromatic rings. The van der Waals surface area contributed by atoms with Gasteiger partial charge in [-0.1, -0.05) is 170 Å². The summed E-state index contributed by atoms with van der Waals surface area (Å²) < 4.78 is 0. The van der Waals surface area contributed by atoms with E-state index in [0.717, 1.165) is 28.2 Å². The summed E-state index contributed by atoms with van der Waals surface area (Å²) in [5, 5.41) is 24.6. The van der Waals surface area contributed by atoms with Crippen molar-refractivity contribution >= 4 is 81.7 Å². The number of benzene rings is 12. The molecular formula is C61H38N2. The van der Waals surface area contributed by atoms with Gasteiger partial charge in [0.05, 0.1) is 11.6 Å². The minimum atomic E-state index is 0.625. The molecule has 292 valence electrons. The van der Waals surface area contributed by atoms with E-state index < -0.39 is 0 Å². The first-order valence-corrected chi connectivity index (χ1v) is 21.5. The Morgan fingerprint density at radius 1 is 0.286 bits per heavy atom. The van der Waals surface area contributed by atoms with Crippen LogP contribution < -0.4 is 4.90 Å². The molecule has 2 heteroatoms. The highest BCUT2D eigenvalue weighted by Crippen LogP contribution is 2.49. The summed E-state index contributed by atoms with van der Waals surface area (Å²) in [5.41, 5.74) is 10.8. The van der Waals surface area contributed by atoms with Gasteiger partial charge in [-0.25, -0.2) is 0 Å². The van der Waals surface area contributed by atoms with Crippen LogP contribution in [0.2, 0.25) is 0 Å². The van der Waals surface area contributed by atoms with Gasteiger partial charge in [0.15, 0.2) is 0 Å². The second kappa shape index (κ2) is 14.9. The third-order valence-corrected chi connectivity index (χ3v) is 12.8. The van der Waals surface area contributed by atoms with Crippen LogP contribution in [0.1, 0.15) is 5.56 Å². The Morgan fingerprint density at radius 3 is 1.32 bits per heavy atom. The zero-order valence-electron chi connectivity index (χ0n) is 34.3. The molecule has 12 rings (SSSR count). The molecule has 0 radical (unpaired) electrons. The van der Waals surface area contributed by atoms with Gasteiger partial charge in [0.25, 0.3) is 0 Å². The number of rotatable bonds is 6. The number of hydrogen-bond acceptors (Lipinski definition) is 2. The molecule has 0 bridgehead atoms. The van der Waals surface area contributed by atoms with Crippen molar-refractivity contribution in [3.63, 3.8) is 0 Å². The van der Waals surface area contributed by atoms with Crippen LogP contribution in [0, 0.1) is 11.3 Å². The lowest BCUT2D eigenvalue weighted by Gasteiger charge is -2.26. The number of anilines is 3. The van der Waals surface area contributed by atoms with Gasteiger partial charge in [-0.3, -0.25) is 0 Å². The average Bonchev–Trinajstić information content (AvgIpc) is 3.36. The van der Waals surface area contributed by atoms with E-state index in [1.807, 2.05) is 24.3 Å². The van der Waals surface area contributed by atoms with Crippen LogP contribution in [0.3, 0.4) is 0 Å². The van der Waals surface area contributed by atoms with Gasteiger partial charge in [0, 0.05) is 17.1 Å². The molecule has 12 aromatic carbocycles. The lowest BCUT2D eigenvalue weighted by molar-refractivity contribution is 1.28. The molecule has 0 N–H and O–H groups in total. The van der Waals surface area contributed by atoms with Crippen LogP contribution in [0.5, 0.6) is 0 Å². The fourth-order valence-corrected chi connectivity index (χ4v) is 10.0. The van der Waals surface area contributed by atoms with E-state index in [-0.39, 0.29) is 0 Å². The Bertz CT molecular complexity index is 3800. The summed E-state index contributed by atoms with van der Waals surface area (Å²) >= 11 is 0. The first-order chi connectivity index (χ1) is 31.2. The van der Waals surface area contributed by atoms with E-state index in [1.165, 1.54) is 86.9 Å². The van der Waals surface area contributed by atoms with Crippen LogP contribution in [0.4, 0.5) is 17.1 Å². The maximum atomic E-state index is 9.77. The van der Waals surface area contributed by atoms with Crippen LogP contribution >= 0.6 is 0 Å². The molecule has 0 aromatic heterocycles. The first-order valence-electron chi connectivity index (χ1n) is 21.5. The summed E-state index contributed by atoms with van der Waals surface area (Å²) in [6, 6.07) is 85.5. The summed E-state index contributed by atoms with van der Waals surface area (Å²) in [7, 11) is 0. The molecule has 0 aliphatic heterocycles. The average molecular weight is 799 g/mol. The third kappa shape index (κ3) is 6.02. The van der Waals surface area contributed by atoms with Gasteiger partial charge in [0.2, 0.25) is 0 Å². The minimum Gasteiger partial charge on any atom is -0.310 e. The van der Waals surface area contributed by atoms with Crippen LogP contribution in [0.15, 0.2) is 231 Å². The fraction of sp³-hybridized carbons (Fsp3) is 0. The topological polar surface area (TPSA) is 27.0 Å². The highest BCUT2D eigenvalue weighted by Gasteiger charge is 2.22. The molecule has 0 amide bonds. The number of nitrogens with zero attached hydrogens (tertiary/aromatic N) is 2. The van der Waals surface area contributed by atoms with Crippen molar-refractivity contribution in [2.45, 2.75) is 0 Å². The Balaban J connectivity index is 1.14. The Kier molecular flexibility index (Phi) is 8.59. The second-order valence-corrected chi connectivity index (χ2v) is 16.3. The van der Waals surface area contributed by atoms with E-state index in [9.17, 15) is 5.26 Å². The lowest BCUT2D eigenvalue weighted by Crippen LogP contribution is -2.09. The van der Waals surface area contributed by atoms with E-state index in [2.05, 4.69) is 217 Å². The Hall–Kier alpha value is -8.51. The molecule has 0 aliphatic rings. The van der Waals surface area contributed by atoms with Crippen LogP contribution in [-0.4, -0.2) is 0 Å². The SMILES string of the molecule is N#Cc1cccc(N(c2ccccc2)c2ccc(-c3ccc4c(-c5cc6ccccc6c6ccccc56)c5ccccc5c(-c5cc6ccccc6c6ccccc56)c4c3)cc2)c1. The molecule has 0 unspecified atom stereocenters. The molecule has 63 heavy (non-hydrogen) atoms. The van der Waals surface area contributed by atoms with E-state index >= 15 is 0 Å². The standard InChI is InChI=1S/C61H38N2/c62-39-40-15-14-20-47(35-40)63(45-18-2-1-3-19-45)46-32-29-41(30-33-46)42-31-34-56-59(36-42)61(58-38-44-17-5-7-22-49(44)51-24-9-11-26-53(51)58)55-28-13-12-27-54(55)60(56)57-37-43-16-4-6-21-48(43)50-23-8-10-25-52(50)57/h1-38H. The molecule has 0 saturated heterocycles. The predicted molar refractivity (Wildman–Crippen MR) is 267 cm³/mol. The van der Waals surface area contributed by atoms with Crippen molar-refractivity contribution in [2.24, 2.45) is 0 Å². The van der Waals surface area contributed by atoms with Gasteiger partial charge >= 0.3 is 0 Å². The van der Waals surface area contributed by atoms with Gasteiger partial charge < -0.3 is 4.90 Å². The monoisotopic (exact) mass is 798 g/mol. The number of nitriles is 1. The van der Waals surface area contributed by atoms with E-state index in [4.69, 9.17) is 0 Å². The van der Waals surface area contributed by atoms with Crippen molar-refractivity contribution in [3.8, 4) is 39.4 Å².